The van der Waals surface area contributed by atoms with Gasteiger partial charge in [-0.25, -0.2) is 0 Å². The topological polar surface area (TPSA) is 46.9 Å². The van der Waals surface area contributed by atoms with Crippen LogP contribution in [0, 0.1) is 20.8 Å². The Bertz CT molecular complexity index is 1110. The molecule has 0 saturated carbocycles. The van der Waals surface area contributed by atoms with Crippen molar-refractivity contribution in [2.24, 2.45) is 0 Å². The Labute approximate surface area is 162 Å². The summed E-state index contributed by atoms with van der Waals surface area (Å²) in [7, 11) is 0. The fourth-order valence-corrected chi connectivity index (χ4v) is 4.33. The van der Waals surface area contributed by atoms with Crippen molar-refractivity contribution < 1.29 is 4.79 Å². The molecule has 5 heteroatoms. The van der Waals surface area contributed by atoms with Crippen molar-refractivity contribution in [3.63, 3.8) is 0 Å². The standard InChI is InChI=1S/C22H21N3OS/c1-14-8-7-9-15(2)20(14)23-21(26)19-12-18-16(3)24-25(22(18)27-19)13-17-10-5-4-6-11-17/h4-12H,13H2,1-3H3,(H,23,26). The Hall–Kier alpha value is -2.92. The lowest BCUT2D eigenvalue weighted by molar-refractivity contribution is 0.103. The van der Waals surface area contributed by atoms with Crippen LogP contribution in [0.3, 0.4) is 0 Å². The van der Waals surface area contributed by atoms with E-state index >= 15 is 0 Å². The molecule has 0 atom stereocenters. The second-order valence-corrected chi connectivity index (χ2v) is 7.81. The first-order valence-electron chi connectivity index (χ1n) is 8.91. The zero-order chi connectivity index (χ0) is 19.0. The third kappa shape index (κ3) is 3.38. The molecule has 0 unspecified atom stereocenters. The van der Waals surface area contributed by atoms with E-state index in [4.69, 9.17) is 0 Å². The number of hydrogen-bond donors (Lipinski definition) is 1. The Morgan fingerprint density at radius 1 is 1.04 bits per heavy atom. The largest absolute Gasteiger partial charge is 0.321 e. The van der Waals surface area contributed by atoms with Crippen molar-refractivity contribution in [2.75, 3.05) is 5.32 Å². The van der Waals surface area contributed by atoms with Crippen LogP contribution in [0.2, 0.25) is 0 Å². The van der Waals surface area contributed by atoms with Crippen molar-refractivity contribution in [3.05, 3.63) is 81.9 Å². The molecule has 4 aromatic rings. The molecular weight excluding hydrogens is 354 g/mol. The minimum absolute atomic E-state index is 0.0701. The van der Waals surface area contributed by atoms with Crippen molar-refractivity contribution in [3.8, 4) is 0 Å². The predicted octanol–water partition coefficient (Wildman–Crippen LogP) is 5.32. The summed E-state index contributed by atoms with van der Waals surface area (Å²) in [6, 6.07) is 18.2. The lowest BCUT2D eigenvalue weighted by atomic mass is 10.1. The molecule has 0 aliphatic heterocycles. The van der Waals surface area contributed by atoms with Gasteiger partial charge >= 0.3 is 0 Å². The van der Waals surface area contributed by atoms with Crippen LogP contribution in [0.5, 0.6) is 0 Å². The number of anilines is 1. The number of carbonyl (C=O) groups excluding carboxylic acids is 1. The smallest absolute Gasteiger partial charge is 0.265 e. The van der Waals surface area contributed by atoms with Crippen molar-refractivity contribution in [2.45, 2.75) is 27.3 Å². The average molecular weight is 375 g/mol. The summed E-state index contributed by atoms with van der Waals surface area (Å²) in [4.78, 5) is 14.6. The molecule has 0 aliphatic rings. The molecule has 4 rings (SSSR count). The number of para-hydroxylation sites is 1. The molecule has 1 amide bonds. The van der Waals surface area contributed by atoms with E-state index in [-0.39, 0.29) is 5.91 Å². The Morgan fingerprint density at radius 2 is 1.74 bits per heavy atom. The fraction of sp³-hybridized carbons (Fsp3) is 0.182. The highest BCUT2D eigenvalue weighted by molar-refractivity contribution is 7.20. The molecule has 0 bridgehead atoms. The minimum Gasteiger partial charge on any atom is -0.321 e. The van der Waals surface area contributed by atoms with Crippen LogP contribution in [-0.2, 0) is 6.54 Å². The summed E-state index contributed by atoms with van der Waals surface area (Å²) in [6.45, 7) is 6.71. The predicted molar refractivity (Wildman–Crippen MR) is 112 cm³/mol. The lowest BCUT2D eigenvalue weighted by Crippen LogP contribution is -2.12. The Kier molecular flexibility index (Phi) is 4.54. The molecule has 136 valence electrons. The number of hydrogen-bond acceptors (Lipinski definition) is 3. The normalized spacial score (nSPS) is 11.1. The van der Waals surface area contributed by atoms with Gasteiger partial charge in [-0.2, -0.15) is 5.10 Å². The number of aryl methyl sites for hydroxylation is 3. The third-order valence-corrected chi connectivity index (χ3v) is 5.87. The second-order valence-electron chi connectivity index (χ2n) is 6.78. The van der Waals surface area contributed by atoms with E-state index in [0.717, 1.165) is 32.7 Å². The molecule has 1 N–H and O–H groups in total. The molecule has 2 heterocycles. The third-order valence-electron chi connectivity index (χ3n) is 4.73. The van der Waals surface area contributed by atoms with Crippen LogP contribution in [0.1, 0.15) is 32.1 Å². The van der Waals surface area contributed by atoms with E-state index in [0.29, 0.717) is 11.4 Å². The highest BCUT2D eigenvalue weighted by Gasteiger charge is 2.17. The summed E-state index contributed by atoms with van der Waals surface area (Å²) >= 11 is 1.49. The van der Waals surface area contributed by atoms with Crippen molar-refractivity contribution in [1.82, 2.24) is 9.78 Å². The number of carbonyl (C=O) groups is 1. The SMILES string of the molecule is Cc1cccc(C)c1NC(=O)c1cc2c(C)nn(Cc3ccccc3)c2s1. The first-order chi connectivity index (χ1) is 13.0. The van der Waals surface area contributed by atoms with Gasteiger partial charge in [-0.15, -0.1) is 11.3 Å². The number of aromatic nitrogens is 2. The number of rotatable bonds is 4. The molecule has 27 heavy (non-hydrogen) atoms. The van der Waals surface area contributed by atoms with E-state index in [1.165, 1.54) is 16.9 Å². The highest BCUT2D eigenvalue weighted by Crippen LogP contribution is 2.30. The summed E-state index contributed by atoms with van der Waals surface area (Å²) < 4.78 is 1.99. The van der Waals surface area contributed by atoms with E-state index in [1.807, 2.05) is 67.9 Å². The number of fused-ring (bicyclic) bond motifs is 1. The number of nitrogens with zero attached hydrogens (tertiary/aromatic N) is 2. The van der Waals surface area contributed by atoms with E-state index < -0.39 is 0 Å². The molecule has 4 nitrogen and oxygen atoms in total. The van der Waals surface area contributed by atoms with Gasteiger partial charge in [-0.3, -0.25) is 9.48 Å². The van der Waals surface area contributed by atoms with Gasteiger partial charge in [-0.1, -0.05) is 48.5 Å². The number of benzene rings is 2. The van der Waals surface area contributed by atoms with E-state index in [9.17, 15) is 4.79 Å². The molecule has 0 saturated heterocycles. The van der Waals surface area contributed by atoms with Gasteiger partial charge in [0.2, 0.25) is 0 Å². The average Bonchev–Trinajstić information content (AvgIpc) is 3.21. The Balaban J connectivity index is 1.65. The fourth-order valence-electron chi connectivity index (χ4n) is 3.27. The second kappa shape index (κ2) is 7.00. The van der Waals surface area contributed by atoms with Crippen LogP contribution >= 0.6 is 11.3 Å². The van der Waals surface area contributed by atoms with Crippen LogP contribution in [0.25, 0.3) is 10.2 Å². The van der Waals surface area contributed by atoms with Gasteiger partial charge in [0.1, 0.15) is 4.83 Å². The summed E-state index contributed by atoms with van der Waals surface area (Å²) in [6.07, 6.45) is 0. The summed E-state index contributed by atoms with van der Waals surface area (Å²) in [5, 5.41) is 8.77. The zero-order valence-corrected chi connectivity index (χ0v) is 16.4. The minimum atomic E-state index is -0.0701. The van der Waals surface area contributed by atoms with Crippen LogP contribution < -0.4 is 5.32 Å². The first kappa shape index (κ1) is 17.5. The molecule has 0 spiro atoms. The molecular formula is C22H21N3OS. The zero-order valence-electron chi connectivity index (χ0n) is 15.6. The monoisotopic (exact) mass is 375 g/mol. The molecule has 0 radical (unpaired) electrons. The molecule has 0 aliphatic carbocycles. The molecule has 2 aromatic heterocycles. The maximum absolute atomic E-state index is 12.8. The molecule has 0 fully saturated rings. The quantitative estimate of drug-likeness (QED) is 0.524. The van der Waals surface area contributed by atoms with Gasteiger partial charge in [-0.05, 0) is 43.5 Å². The van der Waals surface area contributed by atoms with Crippen LogP contribution in [-0.4, -0.2) is 15.7 Å². The molecule has 2 aromatic carbocycles. The van der Waals surface area contributed by atoms with E-state index in [1.54, 1.807) is 0 Å². The number of amides is 1. The van der Waals surface area contributed by atoms with Crippen molar-refractivity contribution in [1.29, 1.82) is 0 Å². The first-order valence-corrected chi connectivity index (χ1v) is 9.73. The van der Waals surface area contributed by atoms with Crippen LogP contribution in [0.4, 0.5) is 5.69 Å². The van der Waals surface area contributed by atoms with E-state index in [2.05, 4.69) is 22.5 Å². The number of nitrogens with one attached hydrogen (secondary N) is 1. The van der Waals surface area contributed by atoms with Gasteiger partial charge in [0.05, 0.1) is 17.1 Å². The summed E-state index contributed by atoms with van der Waals surface area (Å²) in [5.41, 5.74) is 5.16. The van der Waals surface area contributed by atoms with Gasteiger partial charge in [0.25, 0.3) is 5.91 Å². The lowest BCUT2D eigenvalue weighted by Gasteiger charge is -2.10. The van der Waals surface area contributed by atoms with Crippen LogP contribution in [0.15, 0.2) is 54.6 Å². The highest BCUT2D eigenvalue weighted by atomic mass is 32.1. The maximum Gasteiger partial charge on any atom is 0.265 e. The maximum atomic E-state index is 12.8. The van der Waals surface area contributed by atoms with Crippen molar-refractivity contribution >= 4 is 33.1 Å². The van der Waals surface area contributed by atoms with Gasteiger partial charge < -0.3 is 5.32 Å². The van der Waals surface area contributed by atoms with Gasteiger partial charge in [0.15, 0.2) is 0 Å². The summed E-state index contributed by atoms with van der Waals surface area (Å²) in [5.74, 6) is -0.0701. The number of thiophene rings is 1. The van der Waals surface area contributed by atoms with Gasteiger partial charge in [0, 0.05) is 11.1 Å². The Morgan fingerprint density at radius 3 is 2.44 bits per heavy atom.